The first-order chi connectivity index (χ1) is 15.1. The van der Waals surface area contributed by atoms with E-state index in [0.717, 1.165) is 47.1 Å². The molecule has 1 N–H and O–H groups in total. The maximum absolute atomic E-state index is 13.1. The predicted octanol–water partition coefficient (Wildman–Crippen LogP) is 4.82. The van der Waals surface area contributed by atoms with E-state index in [9.17, 15) is 4.79 Å². The minimum Gasteiger partial charge on any atom is -0.340 e. The number of H-pyrrole nitrogens is 1. The fraction of sp³-hybridized carbons (Fsp3) is 0.292. The van der Waals surface area contributed by atoms with Crippen molar-refractivity contribution in [2.45, 2.75) is 37.9 Å². The van der Waals surface area contributed by atoms with Crippen molar-refractivity contribution in [1.29, 1.82) is 0 Å². The van der Waals surface area contributed by atoms with Crippen LogP contribution >= 0.6 is 11.8 Å². The minimum atomic E-state index is 0.0132. The van der Waals surface area contributed by atoms with Crippen LogP contribution in [0.4, 0.5) is 0 Å². The Hall–Kier alpha value is -3.06. The maximum atomic E-state index is 13.1. The number of nitrogens with zero attached hydrogens (tertiary/aromatic N) is 4. The van der Waals surface area contributed by atoms with Gasteiger partial charge in [-0.05, 0) is 56.0 Å². The zero-order valence-corrected chi connectivity index (χ0v) is 18.5. The summed E-state index contributed by atoms with van der Waals surface area (Å²) < 4.78 is 2.07. The van der Waals surface area contributed by atoms with Crippen molar-refractivity contribution < 1.29 is 4.79 Å². The highest BCUT2D eigenvalue weighted by Crippen LogP contribution is 2.32. The maximum Gasteiger partial charge on any atom is 0.233 e. The number of carbonyl (C=O) groups excluding carboxylic acids is 1. The second-order valence-electron chi connectivity index (χ2n) is 8.04. The number of rotatable bonds is 5. The Bertz CT molecular complexity index is 1210. The zero-order valence-electron chi connectivity index (χ0n) is 17.7. The zero-order chi connectivity index (χ0) is 21.4. The summed E-state index contributed by atoms with van der Waals surface area (Å²) in [6.07, 6.45) is 5.69. The van der Waals surface area contributed by atoms with Crippen LogP contribution in [-0.4, -0.2) is 42.6 Å². The lowest BCUT2D eigenvalue weighted by Crippen LogP contribution is -2.32. The van der Waals surface area contributed by atoms with Gasteiger partial charge in [0.2, 0.25) is 5.91 Å². The first kappa shape index (κ1) is 19.9. The molecule has 2 aromatic heterocycles. The molecule has 4 aromatic rings. The average Bonchev–Trinajstić information content (AvgIpc) is 3.51. The lowest BCUT2D eigenvalue weighted by Gasteiger charge is -2.23. The minimum absolute atomic E-state index is 0.0132. The van der Waals surface area contributed by atoms with Gasteiger partial charge in [-0.1, -0.05) is 36.0 Å². The summed E-state index contributed by atoms with van der Waals surface area (Å²) in [4.78, 5) is 27.7. The molecule has 31 heavy (non-hydrogen) atoms. The van der Waals surface area contributed by atoms with Crippen LogP contribution in [-0.2, 0) is 4.79 Å². The molecule has 0 saturated carbocycles. The topological polar surface area (TPSA) is 66.8 Å². The van der Waals surface area contributed by atoms with Gasteiger partial charge in [0.15, 0.2) is 5.16 Å². The Labute approximate surface area is 185 Å². The van der Waals surface area contributed by atoms with Crippen LogP contribution in [0.2, 0.25) is 0 Å². The van der Waals surface area contributed by atoms with Gasteiger partial charge < -0.3 is 9.88 Å². The van der Waals surface area contributed by atoms with Gasteiger partial charge in [0, 0.05) is 18.9 Å². The summed E-state index contributed by atoms with van der Waals surface area (Å²) in [7, 11) is 0. The average molecular weight is 432 g/mol. The molecule has 3 heterocycles. The van der Waals surface area contributed by atoms with Crippen LogP contribution in [0.5, 0.6) is 0 Å². The first-order valence-corrected chi connectivity index (χ1v) is 11.6. The number of imidazole rings is 2. The number of thioether (sulfide) groups is 1. The van der Waals surface area contributed by atoms with Crippen LogP contribution in [0.25, 0.3) is 16.7 Å². The summed E-state index contributed by atoms with van der Waals surface area (Å²) in [5.41, 5.74) is 5.45. The highest BCUT2D eigenvalue weighted by molar-refractivity contribution is 7.99. The number of para-hydroxylation sites is 2. The molecule has 158 valence electrons. The van der Waals surface area contributed by atoms with Gasteiger partial charge >= 0.3 is 0 Å². The highest BCUT2D eigenvalue weighted by Gasteiger charge is 2.32. The fourth-order valence-corrected chi connectivity index (χ4v) is 5.10. The van der Waals surface area contributed by atoms with Crippen LogP contribution in [0, 0.1) is 13.8 Å². The molecular weight excluding hydrogens is 406 g/mol. The molecule has 1 aliphatic heterocycles. The van der Waals surface area contributed by atoms with E-state index >= 15 is 0 Å². The third-order valence-electron chi connectivity index (χ3n) is 5.85. The normalized spacial score (nSPS) is 16.3. The van der Waals surface area contributed by atoms with E-state index in [2.05, 4.69) is 46.6 Å². The summed E-state index contributed by atoms with van der Waals surface area (Å²) in [6.45, 7) is 4.95. The summed E-state index contributed by atoms with van der Waals surface area (Å²) in [5, 5.41) is 0.835. The Kier molecular flexibility index (Phi) is 5.28. The fourth-order valence-electron chi connectivity index (χ4n) is 4.25. The van der Waals surface area contributed by atoms with E-state index in [-0.39, 0.29) is 11.9 Å². The van der Waals surface area contributed by atoms with Crippen molar-refractivity contribution in [2.75, 3.05) is 12.3 Å². The molecule has 0 spiro atoms. The lowest BCUT2D eigenvalue weighted by atomic mass is 10.1. The Morgan fingerprint density at radius 3 is 2.97 bits per heavy atom. The molecule has 0 radical (unpaired) electrons. The van der Waals surface area contributed by atoms with E-state index in [1.54, 1.807) is 6.20 Å². The van der Waals surface area contributed by atoms with E-state index in [0.29, 0.717) is 5.75 Å². The second-order valence-corrected chi connectivity index (χ2v) is 8.99. The number of fused-ring (bicyclic) bond motifs is 1. The molecule has 5 rings (SSSR count). The number of benzene rings is 2. The summed E-state index contributed by atoms with van der Waals surface area (Å²) >= 11 is 1.49. The van der Waals surface area contributed by atoms with Crippen molar-refractivity contribution in [3.63, 3.8) is 0 Å². The Morgan fingerprint density at radius 2 is 2.10 bits per heavy atom. The molecule has 7 heteroatoms. The highest BCUT2D eigenvalue weighted by atomic mass is 32.2. The summed E-state index contributed by atoms with van der Waals surface area (Å²) in [5.74, 6) is 1.37. The Morgan fingerprint density at radius 1 is 1.23 bits per heavy atom. The molecule has 1 amide bonds. The molecule has 0 aliphatic carbocycles. The number of amides is 1. The molecule has 1 unspecified atom stereocenters. The van der Waals surface area contributed by atoms with Crippen molar-refractivity contribution in [3.05, 3.63) is 71.8 Å². The number of carbonyl (C=O) groups is 1. The van der Waals surface area contributed by atoms with E-state index in [1.165, 1.54) is 22.9 Å². The molecule has 1 fully saturated rings. The molecular formula is C24H25N5OS. The number of aromatic amines is 1. The van der Waals surface area contributed by atoms with Gasteiger partial charge in [-0.25, -0.2) is 9.97 Å². The van der Waals surface area contributed by atoms with Gasteiger partial charge in [0.1, 0.15) is 5.82 Å². The van der Waals surface area contributed by atoms with Crippen molar-refractivity contribution in [1.82, 2.24) is 24.4 Å². The largest absolute Gasteiger partial charge is 0.340 e. The molecule has 1 saturated heterocycles. The van der Waals surface area contributed by atoms with Crippen LogP contribution < -0.4 is 0 Å². The van der Waals surface area contributed by atoms with Crippen LogP contribution in [0.3, 0.4) is 0 Å². The third-order valence-corrected chi connectivity index (χ3v) is 6.80. The molecule has 1 atom stereocenters. The molecule has 2 aromatic carbocycles. The standard InChI is InChI=1S/C24H25N5OS/c1-16-9-10-17(2)21(14-16)29-13-11-25-24(29)31-15-22(30)28-12-5-8-20(28)23-26-18-6-3-4-7-19(18)27-23/h3-4,6-7,9-11,13-14,20H,5,8,12,15H2,1-2H3,(H,26,27). The summed E-state index contributed by atoms with van der Waals surface area (Å²) in [6, 6.07) is 14.4. The van der Waals surface area contributed by atoms with Gasteiger partial charge in [-0.3, -0.25) is 9.36 Å². The van der Waals surface area contributed by atoms with Gasteiger partial charge in [-0.2, -0.15) is 0 Å². The van der Waals surface area contributed by atoms with Gasteiger partial charge in [-0.15, -0.1) is 0 Å². The molecule has 1 aliphatic rings. The van der Waals surface area contributed by atoms with Crippen LogP contribution in [0.1, 0.15) is 35.8 Å². The number of nitrogens with one attached hydrogen (secondary N) is 1. The van der Waals surface area contributed by atoms with Crippen molar-refractivity contribution in [2.24, 2.45) is 0 Å². The lowest BCUT2D eigenvalue weighted by molar-refractivity contribution is -0.129. The second kappa shape index (κ2) is 8.23. The van der Waals surface area contributed by atoms with Gasteiger partial charge in [0.25, 0.3) is 0 Å². The van der Waals surface area contributed by atoms with Crippen molar-refractivity contribution >= 4 is 28.7 Å². The molecule has 0 bridgehead atoms. The SMILES string of the molecule is Cc1ccc(C)c(-n2ccnc2SCC(=O)N2CCCC2c2nc3ccccc3[nH]2)c1. The predicted molar refractivity (Wildman–Crippen MR) is 124 cm³/mol. The van der Waals surface area contributed by atoms with E-state index in [4.69, 9.17) is 4.98 Å². The number of aromatic nitrogens is 4. The van der Waals surface area contributed by atoms with Crippen molar-refractivity contribution in [3.8, 4) is 5.69 Å². The van der Waals surface area contributed by atoms with E-state index in [1.807, 2.05) is 35.4 Å². The number of hydrogen-bond acceptors (Lipinski definition) is 4. The third kappa shape index (κ3) is 3.85. The smallest absolute Gasteiger partial charge is 0.233 e. The quantitative estimate of drug-likeness (QED) is 0.460. The first-order valence-electron chi connectivity index (χ1n) is 10.6. The molecule has 6 nitrogen and oxygen atoms in total. The van der Waals surface area contributed by atoms with Crippen LogP contribution in [0.15, 0.2) is 60.0 Å². The Balaban J connectivity index is 1.32. The number of likely N-dealkylation sites (tertiary alicyclic amines) is 1. The number of hydrogen-bond donors (Lipinski definition) is 1. The van der Waals surface area contributed by atoms with E-state index < -0.39 is 0 Å². The van der Waals surface area contributed by atoms with Gasteiger partial charge in [0.05, 0.1) is 28.5 Å². The number of aryl methyl sites for hydroxylation is 2. The monoisotopic (exact) mass is 431 g/mol.